The second kappa shape index (κ2) is 8.55. The Kier molecular flexibility index (Phi) is 6.10. The zero-order chi connectivity index (χ0) is 21.1. The SMILES string of the molecule is Cn1cnc(C#Cc2cc(C(=O)Nc3cc(F)c(=O)n(CC(F)F)c3)sc2Cl)c1. The normalized spacial score (nSPS) is 10.7. The van der Waals surface area contributed by atoms with Gasteiger partial charge in [-0.3, -0.25) is 9.59 Å². The summed E-state index contributed by atoms with van der Waals surface area (Å²) >= 11 is 7.06. The molecule has 0 bridgehead atoms. The maximum Gasteiger partial charge on any atom is 0.286 e. The van der Waals surface area contributed by atoms with Gasteiger partial charge >= 0.3 is 0 Å². The van der Waals surface area contributed by atoms with Crippen molar-refractivity contribution in [1.29, 1.82) is 0 Å². The quantitative estimate of drug-likeness (QED) is 0.633. The maximum absolute atomic E-state index is 13.7. The molecular formula is C18H12ClF3N4O2S. The van der Waals surface area contributed by atoms with E-state index in [0.29, 0.717) is 15.8 Å². The molecular weight excluding hydrogens is 429 g/mol. The predicted octanol–water partition coefficient (Wildman–Crippen LogP) is 3.35. The number of hydrogen-bond donors (Lipinski definition) is 1. The van der Waals surface area contributed by atoms with E-state index >= 15 is 0 Å². The Morgan fingerprint density at radius 2 is 2.10 bits per heavy atom. The smallest absolute Gasteiger partial charge is 0.286 e. The van der Waals surface area contributed by atoms with Gasteiger partial charge in [0.25, 0.3) is 17.9 Å². The minimum absolute atomic E-state index is 0.140. The molecule has 3 aromatic heterocycles. The molecule has 1 amide bonds. The van der Waals surface area contributed by atoms with Gasteiger partial charge in [0.2, 0.25) is 0 Å². The summed E-state index contributed by atoms with van der Waals surface area (Å²) in [6, 6.07) is 2.21. The van der Waals surface area contributed by atoms with Gasteiger partial charge in [-0.15, -0.1) is 11.3 Å². The molecule has 6 nitrogen and oxygen atoms in total. The molecule has 3 heterocycles. The van der Waals surface area contributed by atoms with Gasteiger partial charge in [0.15, 0.2) is 5.82 Å². The number of aromatic nitrogens is 3. The van der Waals surface area contributed by atoms with Crippen LogP contribution in [-0.4, -0.2) is 26.5 Å². The van der Waals surface area contributed by atoms with Gasteiger partial charge in [-0.1, -0.05) is 17.5 Å². The predicted molar refractivity (Wildman–Crippen MR) is 103 cm³/mol. The van der Waals surface area contributed by atoms with Gasteiger partial charge in [-0.05, 0) is 12.0 Å². The van der Waals surface area contributed by atoms with Gasteiger partial charge < -0.3 is 14.5 Å². The average molecular weight is 441 g/mol. The van der Waals surface area contributed by atoms with Gasteiger partial charge in [0, 0.05) is 25.5 Å². The van der Waals surface area contributed by atoms with Crippen molar-refractivity contribution in [2.45, 2.75) is 13.0 Å². The number of pyridine rings is 1. The zero-order valence-corrected chi connectivity index (χ0v) is 16.3. The van der Waals surface area contributed by atoms with E-state index in [-0.39, 0.29) is 14.9 Å². The van der Waals surface area contributed by atoms with E-state index in [4.69, 9.17) is 11.6 Å². The van der Waals surface area contributed by atoms with Crippen molar-refractivity contribution in [2.75, 3.05) is 5.32 Å². The topological polar surface area (TPSA) is 68.9 Å². The molecule has 0 saturated heterocycles. The standard InChI is InChI=1S/C18H12ClF3N4O2S/c1-25-6-11(23-9-25)3-2-10-4-14(29-16(10)19)17(27)24-12-5-13(20)18(28)26(7-12)8-15(21)22/h4-7,9,15H,8H2,1H3,(H,24,27). The second-order valence-electron chi connectivity index (χ2n) is 5.85. The summed E-state index contributed by atoms with van der Waals surface area (Å²) in [5, 5.41) is 2.36. The molecule has 1 N–H and O–H groups in total. The number of nitrogens with one attached hydrogen (secondary N) is 1. The van der Waals surface area contributed by atoms with Crippen molar-refractivity contribution in [3.05, 3.63) is 67.5 Å². The van der Waals surface area contributed by atoms with Gasteiger partial charge in [0.05, 0.1) is 29.0 Å². The third kappa shape index (κ3) is 5.07. The van der Waals surface area contributed by atoms with Crippen molar-refractivity contribution in [3.63, 3.8) is 0 Å². The van der Waals surface area contributed by atoms with Crippen LogP contribution >= 0.6 is 22.9 Å². The fourth-order valence-corrected chi connectivity index (χ4v) is 3.40. The first-order valence-electron chi connectivity index (χ1n) is 8.01. The van der Waals surface area contributed by atoms with Crippen LogP contribution in [0.5, 0.6) is 0 Å². The molecule has 11 heteroatoms. The summed E-state index contributed by atoms with van der Waals surface area (Å²) in [5.74, 6) is 3.72. The highest BCUT2D eigenvalue weighted by Gasteiger charge is 2.16. The van der Waals surface area contributed by atoms with Gasteiger partial charge in [0.1, 0.15) is 10.0 Å². The van der Waals surface area contributed by atoms with Crippen molar-refractivity contribution in [2.24, 2.45) is 7.05 Å². The number of rotatable bonds is 4. The van der Waals surface area contributed by atoms with Crippen LogP contribution in [-0.2, 0) is 13.6 Å². The first-order valence-corrected chi connectivity index (χ1v) is 9.21. The van der Waals surface area contributed by atoms with E-state index in [2.05, 4.69) is 22.1 Å². The summed E-state index contributed by atoms with van der Waals surface area (Å²) in [6.07, 6.45) is 1.40. The maximum atomic E-state index is 13.7. The van der Waals surface area contributed by atoms with E-state index in [1.165, 1.54) is 6.07 Å². The third-order valence-electron chi connectivity index (χ3n) is 3.58. The van der Waals surface area contributed by atoms with Crippen LogP contribution < -0.4 is 10.9 Å². The number of halogens is 4. The molecule has 0 atom stereocenters. The lowest BCUT2D eigenvalue weighted by molar-refractivity contribution is 0.103. The number of aryl methyl sites for hydroxylation is 1. The van der Waals surface area contributed by atoms with Crippen LogP contribution in [0.2, 0.25) is 4.34 Å². The molecule has 0 unspecified atom stereocenters. The van der Waals surface area contributed by atoms with Crippen LogP contribution in [0.1, 0.15) is 20.9 Å². The molecule has 0 aliphatic rings. The highest BCUT2D eigenvalue weighted by atomic mass is 35.5. The summed E-state index contributed by atoms with van der Waals surface area (Å²) in [5.41, 5.74) is -0.410. The molecule has 0 aliphatic carbocycles. The van der Waals surface area contributed by atoms with E-state index in [9.17, 15) is 22.8 Å². The van der Waals surface area contributed by atoms with Gasteiger partial charge in [-0.2, -0.15) is 0 Å². The number of anilines is 1. The molecule has 0 fully saturated rings. The summed E-state index contributed by atoms with van der Waals surface area (Å²) < 4.78 is 41.3. The first-order chi connectivity index (χ1) is 13.7. The molecule has 150 valence electrons. The zero-order valence-electron chi connectivity index (χ0n) is 14.7. The van der Waals surface area contributed by atoms with Crippen LogP contribution in [0.4, 0.5) is 18.9 Å². The second-order valence-corrected chi connectivity index (χ2v) is 7.51. The number of carbonyl (C=O) groups excluding carboxylic acids is 1. The number of hydrogen-bond acceptors (Lipinski definition) is 4. The minimum Gasteiger partial charge on any atom is -0.339 e. The number of imidazole rings is 1. The van der Waals surface area contributed by atoms with E-state index in [0.717, 1.165) is 23.6 Å². The minimum atomic E-state index is -2.85. The van der Waals surface area contributed by atoms with Crippen LogP contribution in [0.25, 0.3) is 0 Å². The number of amides is 1. The van der Waals surface area contributed by atoms with Crippen LogP contribution in [0.3, 0.4) is 0 Å². The Labute approximate surface area is 171 Å². The number of carbonyl (C=O) groups is 1. The molecule has 0 radical (unpaired) electrons. The fourth-order valence-electron chi connectivity index (χ4n) is 2.32. The Bertz CT molecular complexity index is 1190. The number of alkyl halides is 2. The lowest BCUT2D eigenvalue weighted by atomic mass is 10.3. The Morgan fingerprint density at radius 1 is 1.34 bits per heavy atom. The molecule has 0 aromatic carbocycles. The van der Waals surface area contributed by atoms with E-state index in [1.54, 1.807) is 24.1 Å². The highest BCUT2D eigenvalue weighted by molar-refractivity contribution is 7.18. The molecule has 3 aromatic rings. The molecule has 3 rings (SSSR count). The summed E-state index contributed by atoms with van der Waals surface area (Å²) in [7, 11) is 1.80. The fraction of sp³-hybridized carbons (Fsp3) is 0.167. The lowest BCUT2D eigenvalue weighted by Crippen LogP contribution is -2.26. The van der Waals surface area contributed by atoms with Crippen molar-refractivity contribution < 1.29 is 18.0 Å². The summed E-state index contributed by atoms with van der Waals surface area (Å²) in [6.45, 7) is -0.989. The van der Waals surface area contributed by atoms with Crippen molar-refractivity contribution >= 4 is 34.5 Å². The van der Waals surface area contributed by atoms with Crippen LogP contribution in [0, 0.1) is 17.7 Å². The Balaban J connectivity index is 1.81. The number of thiophene rings is 1. The Morgan fingerprint density at radius 3 is 2.76 bits per heavy atom. The lowest BCUT2D eigenvalue weighted by Gasteiger charge is -2.09. The third-order valence-corrected chi connectivity index (χ3v) is 4.93. The van der Waals surface area contributed by atoms with Crippen LogP contribution in [0.15, 0.2) is 35.6 Å². The monoisotopic (exact) mass is 440 g/mol. The molecule has 0 aliphatic heterocycles. The highest BCUT2D eigenvalue weighted by Crippen LogP contribution is 2.27. The van der Waals surface area contributed by atoms with E-state index < -0.39 is 30.3 Å². The Hall–Kier alpha value is -3.03. The molecule has 0 saturated carbocycles. The summed E-state index contributed by atoms with van der Waals surface area (Å²) in [4.78, 5) is 28.2. The molecule has 0 spiro atoms. The largest absolute Gasteiger partial charge is 0.339 e. The van der Waals surface area contributed by atoms with Gasteiger partial charge in [-0.25, -0.2) is 18.2 Å². The average Bonchev–Trinajstić information content (AvgIpc) is 3.22. The van der Waals surface area contributed by atoms with Crippen molar-refractivity contribution in [1.82, 2.24) is 14.1 Å². The van der Waals surface area contributed by atoms with Crippen molar-refractivity contribution in [3.8, 4) is 11.8 Å². The first kappa shape index (κ1) is 20.7. The number of nitrogens with zero attached hydrogens (tertiary/aromatic N) is 3. The molecule has 29 heavy (non-hydrogen) atoms. The van der Waals surface area contributed by atoms with E-state index in [1.807, 2.05) is 0 Å².